The van der Waals surface area contributed by atoms with Gasteiger partial charge in [-0.2, -0.15) is 23.2 Å². The molecular weight excluding hydrogens is 453 g/mol. The van der Waals surface area contributed by atoms with Crippen LogP contribution in [-0.4, -0.2) is 30.2 Å². The maximum Gasteiger partial charge on any atom is 0.404 e. The van der Waals surface area contributed by atoms with Crippen LogP contribution in [0.3, 0.4) is 0 Å². The fraction of sp³-hybridized carbons (Fsp3) is 0.391. The summed E-state index contributed by atoms with van der Waals surface area (Å²) in [5.74, 6) is 0. The molecule has 33 heavy (non-hydrogen) atoms. The summed E-state index contributed by atoms with van der Waals surface area (Å²) in [6.07, 6.45) is 1.08. The molecule has 1 saturated carbocycles. The lowest BCUT2D eigenvalue weighted by atomic mass is 10.1. The van der Waals surface area contributed by atoms with Crippen LogP contribution in [-0.2, 0) is 10.0 Å². The lowest BCUT2D eigenvalue weighted by molar-refractivity contribution is -0.147. The maximum atomic E-state index is 12.8. The second-order valence-corrected chi connectivity index (χ2v) is 10.1. The minimum absolute atomic E-state index is 0.186. The van der Waals surface area contributed by atoms with Gasteiger partial charge in [0.15, 0.2) is 0 Å². The Bertz CT molecular complexity index is 1330. The predicted molar refractivity (Wildman–Crippen MR) is 118 cm³/mol. The third-order valence-corrected chi connectivity index (χ3v) is 7.60. The highest BCUT2D eigenvalue weighted by Crippen LogP contribution is 2.41. The summed E-state index contributed by atoms with van der Waals surface area (Å²) in [4.78, 5) is 4.21. The number of nitrogens with zero attached hydrogens (tertiary/aromatic N) is 3. The Morgan fingerprint density at radius 2 is 1.85 bits per heavy atom. The van der Waals surface area contributed by atoms with Gasteiger partial charge in [0, 0.05) is 12.2 Å². The van der Waals surface area contributed by atoms with Crippen LogP contribution >= 0.6 is 0 Å². The van der Waals surface area contributed by atoms with E-state index in [-0.39, 0.29) is 10.9 Å². The van der Waals surface area contributed by atoms with Crippen LogP contribution in [0.2, 0.25) is 0 Å². The molecule has 6 nitrogen and oxygen atoms in total. The Morgan fingerprint density at radius 1 is 1.21 bits per heavy atom. The number of aromatic nitrogens is 2. The summed E-state index contributed by atoms with van der Waals surface area (Å²) in [5, 5.41) is 9.95. The average Bonchev–Trinajstić information content (AvgIpc) is 3.38. The van der Waals surface area contributed by atoms with Crippen molar-refractivity contribution in [2.24, 2.45) is 0 Å². The van der Waals surface area contributed by atoms with E-state index >= 15 is 0 Å². The van der Waals surface area contributed by atoms with E-state index in [1.807, 2.05) is 13.0 Å². The first-order valence-corrected chi connectivity index (χ1v) is 12.1. The molecule has 1 atom stereocenters. The summed E-state index contributed by atoms with van der Waals surface area (Å²) in [5.41, 5.74) is 4.06. The molecular formula is C23H23F3N4O2S. The molecule has 0 amide bonds. The van der Waals surface area contributed by atoms with E-state index in [1.54, 1.807) is 10.9 Å². The number of rotatable bonds is 5. The van der Waals surface area contributed by atoms with Crippen LogP contribution in [0.15, 0.2) is 41.4 Å². The Kier molecular flexibility index (Phi) is 5.97. The third kappa shape index (κ3) is 4.35. The van der Waals surface area contributed by atoms with Crippen LogP contribution in [0.25, 0.3) is 22.3 Å². The first kappa shape index (κ1) is 23.3. The standard InChI is InChI=1S/C23H23F3N4O2S/c1-14-11-20-21(28-13-14)19(12-27)22(30(20)17-5-3-4-6-17)16-7-9-18(10-8-16)33(31,32)29-15(2)23(24,25)26/h7-11,13,15,17,29H,3-6H2,1-2H3/t15-/m1/s1. The van der Waals surface area contributed by atoms with Crippen LogP contribution in [0, 0.1) is 18.3 Å². The van der Waals surface area contributed by atoms with E-state index in [4.69, 9.17) is 0 Å². The molecule has 2 heterocycles. The molecule has 10 heteroatoms. The van der Waals surface area contributed by atoms with Crippen molar-refractivity contribution in [3.05, 3.63) is 47.7 Å². The molecule has 2 aromatic heterocycles. The Labute approximate surface area is 190 Å². The number of pyridine rings is 1. The Morgan fingerprint density at radius 3 is 2.42 bits per heavy atom. The van der Waals surface area contributed by atoms with Gasteiger partial charge in [-0.15, -0.1) is 0 Å². The molecule has 1 fully saturated rings. The second-order valence-electron chi connectivity index (χ2n) is 8.43. The smallest absolute Gasteiger partial charge is 0.335 e. The van der Waals surface area contributed by atoms with Crippen molar-refractivity contribution in [1.82, 2.24) is 14.3 Å². The largest absolute Gasteiger partial charge is 0.404 e. The third-order valence-electron chi connectivity index (χ3n) is 6.04. The molecule has 1 aromatic carbocycles. The summed E-state index contributed by atoms with van der Waals surface area (Å²) >= 11 is 0. The van der Waals surface area contributed by atoms with E-state index in [0.717, 1.165) is 43.7 Å². The molecule has 0 saturated heterocycles. The van der Waals surface area contributed by atoms with E-state index in [0.29, 0.717) is 22.3 Å². The van der Waals surface area contributed by atoms with Gasteiger partial charge in [0.1, 0.15) is 23.2 Å². The number of benzene rings is 1. The molecule has 0 radical (unpaired) electrons. The van der Waals surface area contributed by atoms with Crippen molar-refractivity contribution in [2.45, 2.75) is 62.7 Å². The average molecular weight is 477 g/mol. The second kappa shape index (κ2) is 8.47. The summed E-state index contributed by atoms with van der Waals surface area (Å²) in [6, 6.07) is 7.79. The van der Waals surface area contributed by atoms with Gasteiger partial charge in [-0.1, -0.05) is 25.0 Å². The zero-order valence-electron chi connectivity index (χ0n) is 18.1. The summed E-state index contributed by atoms with van der Waals surface area (Å²) in [6.45, 7) is 2.68. The fourth-order valence-corrected chi connectivity index (χ4v) is 5.60. The number of aryl methyl sites for hydroxylation is 1. The molecule has 174 valence electrons. The summed E-state index contributed by atoms with van der Waals surface area (Å²) in [7, 11) is -4.37. The monoisotopic (exact) mass is 476 g/mol. The highest BCUT2D eigenvalue weighted by Gasteiger charge is 2.39. The lowest BCUT2D eigenvalue weighted by Crippen LogP contribution is -2.42. The van der Waals surface area contributed by atoms with Crippen molar-refractivity contribution in [3.63, 3.8) is 0 Å². The van der Waals surface area contributed by atoms with Crippen molar-refractivity contribution < 1.29 is 21.6 Å². The number of halogens is 3. The van der Waals surface area contributed by atoms with Crippen molar-refractivity contribution >= 4 is 21.1 Å². The van der Waals surface area contributed by atoms with Crippen LogP contribution in [0.1, 0.15) is 49.8 Å². The van der Waals surface area contributed by atoms with Crippen molar-refractivity contribution in [1.29, 1.82) is 5.26 Å². The van der Waals surface area contributed by atoms with E-state index < -0.39 is 22.2 Å². The van der Waals surface area contributed by atoms with Crippen LogP contribution in [0.5, 0.6) is 0 Å². The van der Waals surface area contributed by atoms with Gasteiger partial charge in [0.25, 0.3) is 0 Å². The number of alkyl halides is 3. The minimum Gasteiger partial charge on any atom is -0.335 e. The molecule has 0 aliphatic heterocycles. The number of hydrogen-bond donors (Lipinski definition) is 1. The SMILES string of the molecule is Cc1cnc2c(C#N)c(-c3ccc(S(=O)(=O)N[C@H](C)C(F)(F)F)cc3)n(C3CCCC3)c2c1. The molecule has 0 unspecified atom stereocenters. The topological polar surface area (TPSA) is 87.8 Å². The van der Waals surface area contributed by atoms with E-state index in [1.165, 1.54) is 24.3 Å². The van der Waals surface area contributed by atoms with Gasteiger partial charge in [-0.3, -0.25) is 4.98 Å². The van der Waals surface area contributed by atoms with Crippen LogP contribution in [0.4, 0.5) is 13.2 Å². The number of fused-ring (bicyclic) bond motifs is 1. The highest BCUT2D eigenvalue weighted by molar-refractivity contribution is 7.89. The first-order chi connectivity index (χ1) is 15.5. The van der Waals surface area contributed by atoms with Gasteiger partial charge in [-0.05, 0) is 56.0 Å². The quantitative estimate of drug-likeness (QED) is 0.546. The Hall–Kier alpha value is -2.90. The summed E-state index contributed by atoms with van der Waals surface area (Å²) < 4.78 is 67.1. The molecule has 0 bridgehead atoms. The molecule has 4 rings (SSSR count). The van der Waals surface area contributed by atoms with Crippen molar-refractivity contribution in [2.75, 3.05) is 0 Å². The van der Waals surface area contributed by atoms with Gasteiger partial charge in [-0.25, -0.2) is 8.42 Å². The van der Waals surface area contributed by atoms with E-state index in [9.17, 15) is 26.9 Å². The number of hydrogen-bond acceptors (Lipinski definition) is 4. The number of sulfonamides is 1. The van der Waals surface area contributed by atoms with Crippen LogP contribution < -0.4 is 4.72 Å². The molecule has 1 N–H and O–H groups in total. The minimum atomic E-state index is -4.69. The molecule has 0 spiro atoms. The lowest BCUT2D eigenvalue weighted by Gasteiger charge is -2.19. The van der Waals surface area contributed by atoms with E-state index in [2.05, 4.69) is 15.6 Å². The fourth-order valence-electron chi connectivity index (χ4n) is 4.37. The Balaban J connectivity index is 1.81. The van der Waals surface area contributed by atoms with Gasteiger partial charge in [0.05, 0.1) is 16.1 Å². The number of nitriles is 1. The number of nitrogens with one attached hydrogen (secondary N) is 1. The molecule has 3 aromatic rings. The first-order valence-electron chi connectivity index (χ1n) is 10.6. The zero-order chi connectivity index (χ0) is 24.0. The van der Waals surface area contributed by atoms with Crippen molar-refractivity contribution in [3.8, 4) is 17.3 Å². The van der Waals surface area contributed by atoms with Gasteiger partial charge < -0.3 is 4.57 Å². The van der Waals surface area contributed by atoms with Gasteiger partial charge in [0.2, 0.25) is 10.0 Å². The molecule has 1 aliphatic carbocycles. The molecule has 1 aliphatic rings. The normalized spacial score (nSPS) is 16.2. The maximum absolute atomic E-state index is 12.8. The predicted octanol–water partition coefficient (Wildman–Crippen LogP) is 5.23. The van der Waals surface area contributed by atoms with Gasteiger partial charge >= 0.3 is 6.18 Å². The highest BCUT2D eigenvalue weighted by atomic mass is 32.2. The zero-order valence-corrected chi connectivity index (χ0v) is 19.0.